The Morgan fingerprint density at radius 1 is 0.629 bits per heavy atom. The van der Waals surface area contributed by atoms with Gasteiger partial charge in [-0.05, 0) is 88.2 Å². The smallest absolute Gasteiger partial charge is 0.165 e. The van der Waals surface area contributed by atoms with Crippen LogP contribution >= 0.6 is 0 Å². The van der Waals surface area contributed by atoms with Gasteiger partial charge in [-0.15, -0.1) is 0 Å². The molecule has 2 aliphatic rings. The SMILES string of the molecule is c1ccc2c(c1)Cc1cc3c(cc1-2)-c1c(ccc2nc4c5ncccc5c5ncccc5n4c12)C3. The molecule has 0 spiro atoms. The summed E-state index contributed by atoms with van der Waals surface area (Å²) in [6, 6.07) is 26.3. The number of rotatable bonds is 0. The van der Waals surface area contributed by atoms with E-state index in [-0.39, 0.29) is 0 Å². The number of imidazole rings is 1. The molecule has 0 saturated heterocycles. The fourth-order valence-corrected chi connectivity index (χ4v) is 6.43. The number of pyridine rings is 3. The second kappa shape index (κ2) is 6.10. The van der Waals surface area contributed by atoms with E-state index in [0.717, 1.165) is 51.5 Å². The van der Waals surface area contributed by atoms with Crippen molar-refractivity contribution in [3.05, 3.63) is 107 Å². The summed E-state index contributed by atoms with van der Waals surface area (Å²) in [5, 5.41) is 1.04. The normalized spacial score (nSPS) is 13.5. The number of aromatic nitrogens is 4. The van der Waals surface area contributed by atoms with Crippen LogP contribution in [0.5, 0.6) is 0 Å². The third-order valence-electron chi connectivity index (χ3n) is 7.87. The lowest BCUT2D eigenvalue weighted by Gasteiger charge is -2.10. The van der Waals surface area contributed by atoms with E-state index in [1.807, 2.05) is 24.5 Å². The number of nitrogens with zero attached hydrogens (tertiary/aromatic N) is 4. The summed E-state index contributed by atoms with van der Waals surface area (Å²) in [5.41, 5.74) is 17.0. The molecule has 0 aliphatic heterocycles. The summed E-state index contributed by atoms with van der Waals surface area (Å²) in [5.74, 6) is 0. The first-order valence-electron chi connectivity index (χ1n) is 12.0. The summed E-state index contributed by atoms with van der Waals surface area (Å²) >= 11 is 0. The molecule has 4 heteroatoms. The fraction of sp³-hybridized carbons (Fsp3) is 0.0645. The molecule has 0 bridgehead atoms. The average Bonchev–Trinajstić information content (AvgIpc) is 3.58. The molecule has 0 atom stereocenters. The zero-order chi connectivity index (χ0) is 22.7. The van der Waals surface area contributed by atoms with Crippen LogP contribution in [-0.4, -0.2) is 19.4 Å². The molecule has 4 heterocycles. The minimum atomic E-state index is 0.893. The standard InChI is InChI=1S/C31H18N4/c1-2-6-21-17(5-1)13-19-15-20-14-18-9-10-25-30(27(18)24(20)16-23(19)21)35-26-8-4-12-32-28(26)22-7-3-11-33-29(22)31(35)34-25/h1-12,15-16H,13-14H2. The molecule has 4 nitrogen and oxygen atoms in total. The molecule has 0 amide bonds. The summed E-state index contributed by atoms with van der Waals surface area (Å²) in [7, 11) is 0. The molecule has 9 rings (SSSR count). The van der Waals surface area contributed by atoms with E-state index in [1.165, 1.54) is 44.5 Å². The van der Waals surface area contributed by atoms with Gasteiger partial charge in [0.1, 0.15) is 5.52 Å². The Bertz CT molecular complexity index is 2070. The zero-order valence-corrected chi connectivity index (χ0v) is 18.8. The Labute approximate surface area is 200 Å². The van der Waals surface area contributed by atoms with Crippen LogP contribution in [0.25, 0.3) is 60.9 Å². The molecule has 162 valence electrons. The van der Waals surface area contributed by atoms with Crippen LogP contribution in [0.1, 0.15) is 22.3 Å². The Morgan fingerprint density at radius 3 is 2.43 bits per heavy atom. The van der Waals surface area contributed by atoms with Gasteiger partial charge >= 0.3 is 0 Å². The molecule has 4 aromatic heterocycles. The summed E-state index contributed by atoms with van der Waals surface area (Å²) in [6.07, 6.45) is 5.69. The number of hydrogen-bond acceptors (Lipinski definition) is 3. The molecule has 0 saturated carbocycles. The highest BCUT2D eigenvalue weighted by Crippen LogP contribution is 2.47. The van der Waals surface area contributed by atoms with Gasteiger partial charge in [0.25, 0.3) is 0 Å². The summed E-state index contributed by atoms with van der Waals surface area (Å²) in [4.78, 5) is 14.6. The Morgan fingerprint density at radius 2 is 1.46 bits per heavy atom. The van der Waals surface area contributed by atoms with Gasteiger partial charge in [0.05, 0.1) is 22.1 Å². The monoisotopic (exact) mass is 446 g/mol. The third kappa shape index (κ3) is 2.15. The van der Waals surface area contributed by atoms with Crippen molar-refractivity contribution in [3.8, 4) is 22.3 Å². The first-order chi connectivity index (χ1) is 17.3. The molecule has 0 radical (unpaired) electrons. The average molecular weight is 447 g/mol. The maximum atomic E-state index is 5.13. The molecule has 0 N–H and O–H groups in total. The maximum Gasteiger partial charge on any atom is 0.165 e. The van der Waals surface area contributed by atoms with Crippen molar-refractivity contribution >= 4 is 38.6 Å². The molecular formula is C31H18N4. The topological polar surface area (TPSA) is 43.1 Å². The maximum absolute atomic E-state index is 5.13. The molecule has 0 unspecified atom stereocenters. The molecule has 7 aromatic rings. The van der Waals surface area contributed by atoms with Crippen LogP contribution in [0.15, 0.2) is 85.2 Å². The highest BCUT2D eigenvalue weighted by atomic mass is 15.0. The Kier molecular flexibility index (Phi) is 3.11. The first kappa shape index (κ1) is 17.8. The van der Waals surface area contributed by atoms with Gasteiger partial charge < -0.3 is 0 Å². The second-order valence-corrected chi connectivity index (χ2v) is 9.69. The van der Waals surface area contributed by atoms with Crippen LogP contribution in [-0.2, 0) is 12.8 Å². The van der Waals surface area contributed by atoms with Crippen molar-refractivity contribution in [1.29, 1.82) is 0 Å². The summed E-state index contributed by atoms with van der Waals surface area (Å²) < 4.78 is 2.29. The van der Waals surface area contributed by atoms with Crippen molar-refractivity contribution in [2.45, 2.75) is 12.8 Å². The van der Waals surface area contributed by atoms with Crippen LogP contribution in [0.4, 0.5) is 0 Å². The number of hydrogen-bond donors (Lipinski definition) is 0. The zero-order valence-electron chi connectivity index (χ0n) is 18.8. The van der Waals surface area contributed by atoms with Crippen LogP contribution in [0, 0.1) is 0 Å². The van der Waals surface area contributed by atoms with E-state index < -0.39 is 0 Å². The minimum absolute atomic E-state index is 0.893. The van der Waals surface area contributed by atoms with Gasteiger partial charge in [0.2, 0.25) is 0 Å². The van der Waals surface area contributed by atoms with E-state index in [2.05, 4.69) is 65.1 Å². The van der Waals surface area contributed by atoms with Crippen molar-refractivity contribution in [3.63, 3.8) is 0 Å². The predicted octanol–water partition coefficient (Wildman–Crippen LogP) is 6.73. The van der Waals surface area contributed by atoms with E-state index >= 15 is 0 Å². The first-order valence-corrected chi connectivity index (χ1v) is 12.0. The van der Waals surface area contributed by atoms with Crippen molar-refractivity contribution in [2.24, 2.45) is 0 Å². The minimum Gasteiger partial charge on any atom is -0.288 e. The van der Waals surface area contributed by atoms with Gasteiger partial charge in [0, 0.05) is 23.3 Å². The van der Waals surface area contributed by atoms with E-state index in [9.17, 15) is 0 Å². The van der Waals surface area contributed by atoms with Crippen molar-refractivity contribution < 1.29 is 0 Å². The van der Waals surface area contributed by atoms with Crippen LogP contribution < -0.4 is 0 Å². The Hall–Kier alpha value is -4.57. The second-order valence-electron chi connectivity index (χ2n) is 9.69. The highest BCUT2D eigenvalue weighted by Gasteiger charge is 2.28. The molecular weight excluding hydrogens is 428 g/mol. The van der Waals surface area contributed by atoms with Crippen molar-refractivity contribution in [2.75, 3.05) is 0 Å². The largest absolute Gasteiger partial charge is 0.288 e. The lowest BCUT2D eigenvalue weighted by molar-refractivity contribution is 1.21. The van der Waals surface area contributed by atoms with Gasteiger partial charge in [-0.25, -0.2) is 4.98 Å². The number of fused-ring (bicyclic) bond motifs is 15. The fourth-order valence-electron chi connectivity index (χ4n) is 6.43. The lowest BCUT2D eigenvalue weighted by atomic mass is 9.97. The molecule has 2 aliphatic carbocycles. The molecule has 35 heavy (non-hydrogen) atoms. The van der Waals surface area contributed by atoms with Gasteiger partial charge in [-0.2, -0.15) is 0 Å². The van der Waals surface area contributed by atoms with Crippen LogP contribution in [0.3, 0.4) is 0 Å². The number of benzene rings is 3. The molecule has 0 fully saturated rings. The summed E-state index contributed by atoms with van der Waals surface area (Å²) in [6.45, 7) is 0. The Balaban J connectivity index is 1.46. The van der Waals surface area contributed by atoms with E-state index in [4.69, 9.17) is 15.0 Å². The van der Waals surface area contributed by atoms with Gasteiger partial charge in [0.15, 0.2) is 5.65 Å². The van der Waals surface area contributed by atoms with E-state index in [1.54, 1.807) is 0 Å². The quantitative estimate of drug-likeness (QED) is 0.243. The molecule has 3 aromatic carbocycles. The van der Waals surface area contributed by atoms with Gasteiger partial charge in [-0.1, -0.05) is 36.4 Å². The van der Waals surface area contributed by atoms with E-state index in [0.29, 0.717) is 0 Å². The van der Waals surface area contributed by atoms with Crippen molar-refractivity contribution in [1.82, 2.24) is 19.4 Å². The predicted molar refractivity (Wildman–Crippen MR) is 140 cm³/mol. The van der Waals surface area contributed by atoms with Crippen LogP contribution in [0.2, 0.25) is 0 Å². The third-order valence-corrected chi connectivity index (χ3v) is 7.87. The highest BCUT2D eigenvalue weighted by molar-refractivity contribution is 6.12. The van der Waals surface area contributed by atoms with Gasteiger partial charge in [-0.3, -0.25) is 14.4 Å². The lowest BCUT2D eigenvalue weighted by Crippen LogP contribution is -1.95.